The van der Waals surface area contributed by atoms with Crippen molar-refractivity contribution in [1.82, 2.24) is 10.2 Å². The molecule has 0 amide bonds. The van der Waals surface area contributed by atoms with Crippen LogP contribution in [0.3, 0.4) is 0 Å². The maximum absolute atomic E-state index is 11.9. The van der Waals surface area contributed by atoms with E-state index in [0.717, 1.165) is 32.5 Å². The van der Waals surface area contributed by atoms with Crippen LogP contribution in [0.2, 0.25) is 0 Å². The van der Waals surface area contributed by atoms with Crippen molar-refractivity contribution in [3.8, 4) is 0 Å². The molecule has 0 rings (SSSR count). The number of carbonyl (C=O) groups is 1. The smallest absolute Gasteiger partial charge is 0.325 e. The largest absolute Gasteiger partial charge is 0.468 e. The minimum absolute atomic E-state index is 0.202. The lowest BCUT2D eigenvalue weighted by molar-refractivity contribution is -0.148. The third-order valence-electron chi connectivity index (χ3n) is 3.12. The highest BCUT2D eigenvalue weighted by molar-refractivity contribution is 5.80. The van der Waals surface area contributed by atoms with Crippen LogP contribution in [-0.4, -0.2) is 63.4 Å². The van der Waals surface area contributed by atoms with E-state index in [-0.39, 0.29) is 12.0 Å². The Kier molecular flexibility index (Phi) is 8.97. The Morgan fingerprint density at radius 2 is 1.95 bits per heavy atom. The second kappa shape index (κ2) is 9.28. The molecule has 0 aliphatic rings. The summed E-state index contributed by atoms with van der Waals surface area (Å²) in [6.07, 6.45) is 1.72. The van der Waals surface area contributed by atoms with Gasteiger partial charge in [-0.3, -0.25) is 10.1 Å². The van der Waals surface area contributed by atoms with Gasteiger partial charge in [-0.2, -0.15) is 0 Å². The van der Waals surface area contributed by atoms with Gasteiger partial charge in [0.2, 0.25) is 0 Å². The number of ether oxygens (including phenoxy) is 2. The fraction of sp³-hybridized carbons (Fsp3) is 0.929. The average molecular weight is 274 g/mol. The van der Waals surface area contributed by atoms with Crippen LogP contribution in [0.15, 0.2) is 0 Å². The maximum Gasteiger partial charge on any atom is 0.325 e. The number of methoxy groups -OCH3 is 2. The Bertz CT molecular complexity index is 259. The third kappa shape index (κ3) is 7.50. The van der Waals surface area contributed by atoms with E-state index in [1.54, 1.807) is 7.11 Å². The Morgan fingerprint density at radius 3 is 2.42 bits per heavy atom. The molecule has 0 saturated heterocycles. The molecule has 0 heterocycles. The first-order chi connectivity index (χ1) is 8.85. The van der Waals surface area contributed by atoms with Crippen molar-refractivity contribution >= 4 is 5.97 Å². The lowest BCUT2D eigenvalue weighted by Gasteiger charge is -2.31. The molecule has 0 bridgehead atoms. The van der Waals surface area contributed by atoms with Gasteiger partial charge in [0.05, 0.1) is 7.11 Å². The lowest BCUT2D eigenvalue weighted by atomic mass is 9.96. The van der Waals surface area contributed by atoms with Crippen molar-refractivity contribution in [2.45, 2.75) is 45.2 Å². The van der Waals surface area contributed by atoms with Crippen LogP contribution in [-0.2, 0) is 14.3 Å². The van der Waals surface area contributed by atoms with E-state index in [2.05, 4.69) is 17.3 Å². The molecule has 0 spiro atoms. The first-order valence-corrected chi connectivity index (χ1v) is 6.89. The minimum atomic E-state index is -0.627. The number of esters is 1. The van der Waals surface area contributed by atoms with Gasteiger partial charge >= 0.3 is 5.97 Å². The predicted octanol–water partition coefficient (Wildman–Crippen LogP) is 1.27. The summed E-state index contributed by atoms with van der Waals surface area (Å²) in [7, 11) is 5.20. The van der Waals surface area contributed by atoms with Crippen molar-refractivity contribution < 1.29 is 14.3 Å². The SMILES string of the molecule is COCCCN(C)CCC(C)(NC(C)C)C(=O)OC. The topological polar surface area (TPSA) is 50.8 Å². The van der Waals surface area contributed by atoms with Gasteiger partial charge in [-0.05, 0) is 40.7 Å². The van der Waals surface area contributed by atoms with Crippen LogP contribution >= 0.6 is 0 Å². The summed E-state index contributed by atoms with van der Waals surface area (Å²) < 4.78 is 9.94. The van der Waals surface area contributed by atoms with Gasteiger partial charge in [-0.15, -0.1) is 0 Å². The summed E-state index contributed by atoms with van der Waals surface area (Å²) in [5, 5.41) is 3.30. The number of nitrogens with zero attached hydrogens (tertiary/aromatic N) is 1. The normalized spacial score (nSPS) is 14.7. The Morgan fingerprint density at radius 1 is 1.32 bits per heavy atom. The van der Waals surface area contributed by atoms with Crippen LogP contribution in [0.5, 0.6) is 0 Å². The lowest BCUT2D eigenvalue weighted by Crippen LogP contribution is -2.54. The minimum Gasteiger partial charge on any atom is -0.468 e. The summed E-state index contributed by atoms with van der Waals surface area (Å²) in [6.45, 7) is 8.54. The van der Waals surface area contributed by atoms with Gasteiger partial charge in [0.1, 0.15) is 5.54 Å². The van der Waals surface area contributed by atoms with E-state index >= 15 is 0 Å². The molecular formula is C14H30N2O3. The average Bonchev–Trinajstić information content (AvgIpc) is 2.35. The summed E-state index contributed by atoms with van der Waals surface area (Å²) in [5.74, 6) is -0.202. The third-order valence-corrected chi connectivity index (χ3v) is 3.12. The molecule has 0 saturated carbocycles. The van der Waals surface area contributed by atoms with Gasteiger partial charge in [-0.25, -0.2) is 0 Å². The number of hydrogen-bond acceptors (Lipinski definition) is 5. The fourth-order valence-corrected chi connectivity index (χ4v) is 2.10. The highest BCUT2D eigenvalue weighted by Crippen LogP contribution is 2.14. The first kappa shape index (κ1) is 18.4. The Hall–Kier alpha value is -0.650. The second-order valence-corrected chi connectivity index (χ2v) is 5.52. The quantitative estimate of drug-likeness (QED) is 0.480. The second-order valence-electron chi connectivity index (χ2n) is 5.52. The zero-order chi connectivity index (χ0) is 14.9. The molecule has 0 radical (unpaired) electrons. The van der Waals surface area contributed by atoms with Crippen molar-refractivity contribution in [3.05, 3.63) is 0 Å². The number of hydrogen-bond donors (Lipinski definition) is 1. The summed E-state index contributed by atoms with van der Waals surface area (Å²) in [5.41, 5.74) is -0.627. The Labute approximate surface area is 117 Å². The molecule has 19 heavy (non-hydrogen) atoms. The highest BCUT2D eigenvalue weighted by atomic mass is 16.5. The van der Waals surface area contributed by atoms with Gasteiger partial charge in [0, 0.05) is 32.8 Å². The highest BCUT2D eigenvalue weighted by Gasteiger charge is 2.34. The van der Waals surface area contributed by atoms with Crippen molar-refractivity contribution in [2.75, 3.05) is 41.0 Å². The number of rotatable bonds is 10. The van der Waals surface area contributed by atoms with Gasteiger partial charge < -0.3 is 14.4 Å². The van der Waals surface area contributed by atoms with Crippen LogP contribution in [0.25, 0.3) is 0 Å². The van der Waals surface area contributed by atoms with E-state index in [9.17, 15) is 4.79 Å². The zero-order valence-electron chi connectivity index (χ0n) is 13.3. The van der Waals surface area contributed by atoms with Crippen LogP contribution in [0.1, 0.15) is 33.6 Å². The van der Waals surface area contributed by atoms with Crippen molar-refractivity contribution in [3.63, 3.8) is 0 Å². The number of nitrogens with one attached hydrogen (secondary N) is 1. The molecule has 0 aromatic heterocycles. The Balaban J connectivity index is 4.29. The molecule has 0 aliphatic carbocycles. The van der Waals surface area contributed by atoms with Gasteiger partial charge in [-0.1, -0.05) is 0 Å². The standard InChI is InChI=1S/C14H30N2O3/c1-12(2)15-14(3,13(17)19-6)8-10-16(4)9-7-11-18-5/h12,15H,7-11H2,1-6H3. The number of carbonyl (C=O) groups excluding carboxylic acids is 1. The van der Waals surface area contributed by atoms with Crippen LogP contribution in [0.4, 0.5) is 0 Å². The van der Waals surface area contributed by atoms with Gasteiger partial charge in [0.15, 0.2) is 0 Å². The van der Waals surface area contributed by atoms with E-state index in [0.29, 0.717) is 0 Å². The molecular weight excluding hydrogens is 244 g/mol. The molecule has 5 nitrogen and oxygen atoms in total. The molecule has 0 aromatic carbocycles. The molecule has 1 N–H and O–H groups in total. The maximum atomic E-state index is 11.9. The zero-order valence-corrected chi connectivity index (χ0v) is 13.3. The fourth-order valence-electron chi connectivity index (χ4n) is 2.10. The molecule has 0 fully saturated rings. The summed E-state index contributed by atoms with van der Waals surface area (Å²) in [6, 6.07) is 0.239. The van der Waals surface area contributed by atoms with E-state index in [1.807, 2.05) is 20.8 Å². The monoisotopic (exact) mass is 274 g/mol. The molecule has 1 unspecified atom stereocenters. The summed E-state index contributed by atoms with van der Waals surface area (Å²) in [4.78, 5) is 14.1. The first-order valence-electron chi connectivity index (χ1n) is 6.89. The van der Waals surface area contributed by atoms with E-state index < -0.39 is 5.54 Å². The van der Waals surface area contributed by atoms with Crippen LogP contribution < -0.4 is 5.32 Å². The van der Waals surface area contributed by atoms with Gasteiger partial charge in [0.25, 0.3) is 0 Å². The van der Waals surface area contributed by atoms with Crippen LogP contribution in [0, 0.1) is 0 Å². The van der Waals surface area contributed by atoms with E-state index in [4.69, 9.17) is 9.47 Å². The predicted molar refractivity (Wildman–Crippen MR) is 77.3 cm³/mol. The molecule has 0 aromatic rings. The molecule has 0 aliphatic heterocycles. The van der Waals surface area contributed by atoms with E-state index in [1.165, 1.54) is 7.11 Å². The molecule has 114 valence electrons. The van der Waals surface area contributed by atoms with Crippen molar-refractivity contribution in [1.29, 1.82) is 0 Å². The molecule has 5 heteroatoms. The van der Waals surface area contributed by atoms with Crippen molar-refractivity contribution in [2.24, 2.45) is 0 Å². The molecule has 1 atom stereocenters. The summed E-state index contributed by atoms with van der Waals surface area (Å²) >= 11 is 0.